The van der Waals surface area contributed by atoms with Crippen LogP contribution in [0.2, 0.25) is 0 Å². The SMILES string of the molecule is COc1ccc(-c2oc3cc(C)c(C)cc3c(=O)c2OC(=O)COc2ccccc2)cc1OC. The van der Waals surface area contributed by atoms with Gasteiger partial charge in [0.25, 0.3) is 0 Å². The summed E-state index contributed by atoms with van der Waals surface area (Å²) in [5, 5.41) is 0.319. The van der Waals surface area contributed by atoms with Crippen LogP contribution in [-0.4, -0.2) is 26.8 Å². The number of benzene rings is 3. The third kappa shape index (κ3) is 4.59. The zero-order chi connectivity index (χ0) is 24.2. The average molecular weight is 460 g/mol. The Labute approximate surface area is 196 Å². The van der Waals surface area contributed by atoms with Crippen molar-refractivity contribution in [2.24, 2.45) is 0 Å². The van der Waals surface area contributed by atoms with Gasteiger partial charge in [0.15, 0.2) is 23.9 Å². The molecule has 3 aromatic carbocycles. The Hall–Kier alpha value is -4.26. The lowest BCUT2D eigenvalue weighted by molar-refractivity contribution is -0.136. The molecule has 0 aliphatic rings. The Bertz CT molecular complexity index is 1400. The molecular formula is C27H24O7. The van der Waals surface area contributed by atoms with Crippen LogP contribution in [0.3, 0.4) is 0 Å². The second-order valence-electron chi connectivity index (χ2n) is 7.67. The number of hydrogen-bond donors (Lipinski definition) is 0. The molecule has 0 saturated carbocycles. The van der Waals surface area contributed by atoms with Gasteiger partial charge in [-0.3, -0.25) is 4.79 Å². The fourth-order valence-corrected chi connectivity index (χ4v) is 3.50. The first-order chi connectivity index (χ1) is 16.4. The van der Waals surface area contributed by atoms with E-state index in [1.165, 1.54) is 14.2 Å². The van der Waals surface area contributed by atoms with E-state index >= 15 is 0 Å². The van der Waals surface area contributed by atoms with Gasteiger partial charge in [-0.2, -0.15) is 0 Å². The molecule has 0 bridgehead atoms. The first-order valence-corrected chi connectivity index (χ1v) is 10.6. The summed E-state index contributed by atoms with van der Waals surface area (Å²) in [4.78, 5) is 26.1. The van der Waals surface area contributed by atoms with Gasteiger partial charge in [-0.1, -0.05) is 18.2 Å². The summed E-state index contributed by atoms with van der Waals surface area (Å²) in [6.07, 6.45) is 0. The molecule has 7 heteroatoms. The molecular weight excluding hydrogens is 436 g/mol. The summed E-state index contributed by atoms with van der Waals surface area (Å²) in [7, 11) is 3.03. The molecule has 0 spiro atoms. The van der Waals surface area contributed by atoms with E-state index in [-0.39, 0.29) is 18.1 Å². The first-order valence-electron chi connectivity index (χ1n) is 10.6. The predicted molar refractivity (Wildman–Crippen MR) is 128 cm³/mol. The third-order valence-corrected chi connectivity index (χ3v) is 5.43. The maximum Gasteiger partial charge on any atom is 0.349 e. The van der Waals surface area contributed by atoms with Crippen LogP contribution in [0, 0.1) is 13.8 Å². The monoisotopic (exact) mass is 460 g/mol. The summed E-state index contributed by atoms with van der Waals surface area (Å²) in [5.41, 5.74) is 2.31. The Morgan fingerprint density at radius 2 is 1.59 bits per heavy atom. The van der Waals surface area contributed by atoms with Crippen molar-refractivity contribution >= 4 is 16.9 Å². The Morgan fingerprint density at radius 1 is 0.882 bits per heavy atom. The minimum Gasteiger partial charge on any atom is -0.493 e. The molecule has 4 rings (SSSR count). The van der Waals surface area contributed by atoms with E-state index in [2.05, 4.69) is 0 Å². The highest BCUT2D eigenvalue weighted by molar-refractivity contribution is 5.86. The van der Waals surface area contributed by atoms with Crippen LogP contribution in [0.25, 0.3) is 22.3 Å². The van der Waals surface area contributed by atoms with E-state index in [9.17, 15) is 9.59 Å². The topological polar surface area (TPSA) is 84.2 Å². The number of methoxy groups -OCH3 is 2. The van der Waals surface area contributed by atoms with Gasteiger partial charge in [-0.15, -0.1) is 0 Å². The van der Waals surface area contributed by atoms with Crippen LogP contribution in [-0.2, 0) is 4.79 Å². The number of hydrogen-bond acceptors (Lipinski definition) is 7. The number of carbonyl (C=O) groups is 1. The standard InChI is InChI=1S/C27H24O7/c1-16-12-20-22(13-17(16)2)33-26(18-10-11-21(30-3)23(14-18)31-4)27(25(20)29)34-24(28)15-32-19-8-6-5-7-9-19/h5-14H,15H2,1-4H3. The summed E-state index contributed by atoms with van der Waals surface area (Å²) in [6, 6.07) is 17.4. The zero-order valence-electron chi connectivity index (χ0n) is 19.3. The first kappa shape index (κ1) is 22.9. The van der Waals surface area contributed by atoms with Crippen molar-refractivity contribution in [2.45, 2.75) is 13.8 Å². The van der Waals surface area contributed by atoms with Crippen molar-refractivity contribution in [3.05, 3.63) is 82.0 Å². The number of esters is 1. The third-order valence-electron chi connectivity index (χ3n) is 5.43. The molecule has 0 atom stereocenters. The number of fused-ring (bicyclic) bond motifs is 1. The lowest BCUT2D eigenvalue weighted by Gasteiger charge is -2.14. The van der Waals surface area contributed by atoms with Gasteiger partial charge in [0.1, 0.15) is 11.3 Å². The predicted octanol–water partition coefficient (Wildman–Crippen LogP) is 5.08. The number of carbonyl (C=O) groups excluding carboxylic acids is 1. The molecule has 0 aliphatic carbocycles. The lowest BCUT2D eigenvalue weighted by atomic mass is 10.0. The van der Waals surface area contributed by atoms with Crippen LogP contribution in [0.5, 0.6) is 23.0 Å². The van der Waals surface area contributed by atoms with Crippen molar-refractivity contribution < 1.29 is 28.2 Å². The molecule has 7 nitrogen and oxygen atoms in total. The van der Waals surface area contributed by atoms with Crippen LogP contribution in [0.15, 0.2) is 69.9 Å². The molecule has 0 unspecified atom stereocenters. The molecule has 34 heavy (non-hydrogen) atoms. The summed E-state index contributed by atoms with van der Waals surface area (Å²) in [5.74, 6) is 0.611. The highest BCUT2D eigenvalue weighted by Gasteiger charge is 2.22. The fourth-order valence-electron chi connectivity index (χ4n) is 3.50. The van der Waals surface area contributed by atoms with Crippen molar-refractivity contribution in [3.8, 4) is 34.3 Å². The number of ether oxygens (including phenoxy) is 4. The van der Waals surface area contributed by atoms with Gasteiger partial charge in [0, 0.05) is 5.56 Å². The van der Waals surface area contributed by atoms with Crippen molar-refractivity contribution in [1.82, 2.24) is 0 Å². The van der Waals surface area contributed by atoms with Gasteiger partial charge in [0.05, 0.1) is 19.6 Å². The van der Waals surface area contributed by atoms with E-state index in [0.717, 1.165) is 11.1 Å². The zero-order valence-corrected chi connectivity index (χ0v) is 19.3. The van der Waals surface area contributed by atoms with E-state index in [1.807, 2.05) is 19.9 Å². The minimum absolute atomic E-state index is 0.106. The van der Waals surface area contributed by atoms with E-state index in [1.54, 1.807) is 54.6 Å². The Kier molecular flexibility index (Phi) is 6.54. The number of aryl methyl sites for hydroxylation is 2. The molecule has 0 fully saturated rings. The smallest absolute Gasteiger partial charge is 0.349 e. The van der Waals surface area contributed by atoms with Gasteiger partial charge in [0.2, 0.25) is 11.2 Å². The van der Waals surface area contributed by atoms with E-state index in [0.29, 0.717) is 33.8 Å². The average Bonchev–Trinajstić information content (AvgIpc) is 2.86. The van der Waals surface area contributed by atoms with Crippen LogP contribution in [0.4, 0.5) is 0 Å². The van der Waals surface area contributed by atoms with Crippen molar-refractivity contribution in [3.63, 3.8) is 0 Å². The lowest BCUT2D eigenvalue weighted by Crippen LogP contribution is -2.21. The quantitative estimate of drug-likeness (QED) is 0.356. The largest absolute Gasteiger partial charge is 0.493 e. The molecule has 0 radical (unpaired) electrons. The van der Waals surface area contributed by atoms with Crippen LogP contribution >= 0.6 is 0 Å². The van der Waals surface area contributed by atoms with Crippen molar-refractivity contribution in [1.29, 1.82) is 0 Å². The second-order valence-corrected chi connectivity index (χ2v) is 7.67. The maximum absolute atomic E-state index is 13.4. The molecule has 4 aromatic rings. The van der Waals surface area contributed by atoms with E-state index in [4.69, 9.17) is 23.4 Å². The molecule has 1 aromatic heterocycles. The molecule has 0 aliphatic heterocycles. The van der Waals surface area contributed by atoms with Crippen LogP contribution < -0.4 is 24.4 Å². The number of rotatable bonds is 7. The second kappa shape index (κ2) is 9.70. The number of para-hydroxylation sites is 1. The highest BCUT2D eigenvalue weighted by Crippen LogP contribution is 2.37. The fraction of sp³-hybridized carbons (Fsp3) is 0.185. The molecule has 0 amide bonds. The molecule has 1 heterocycles. The molecule has 0 saturated heterocycles. The minimum atomic E-state index is -0.735. The summed E-state index contributed by atoms with van der Waals surface area (Å²) >= 11 is 0. The summed E-state index contributed by atoms with van der Waals surface area (Å²) < 4.78 is 27.8. The highest BCUT2D eigenvalue weighted by atomic mass is 16.6. The van der Waals surface area contributed by atoms with Gasteiger partial charge in [-0.05, 0) is 67.4 Å². The van der Waals surface area contributed by atoms with Gasteiger partial charge < -0.3 is 23.4 Å². The van der Waals surface area contributed by atoms with Gasteiger partial charge in [-0.25, -0.2) is 4.79 Å². The molecule has 174 valence electrons. The Balaban J connectivity index is 1.80. The summed E-state index contributed by atoms with van der Waals surface area (Å²) in [6.45, 7) is 3.45. The molecule has 0 N–H and O–H groups in total. The van der Waals surface area contributed by atoms with Crippen LogP contribution in [0.1, 0.15) is 11.1 Å². The normalized spacial score (nSPS) is 10.7. The van der Waals surface area contributed by atoms with Crippen molar-refractivity contribution in [2.75, 3.05) is 20.8 Å². The van der Waals surface area contributed by atoms with E-state index < -0.39 is 11.4 Å². The Morgan fingerprint density at radius 3 is 2.29 bits per heavy atom. The van der Waals surface area contributed by atoms with Gasteiger partial charge >= 0.3 is 5.97 Å². The maximum atomic E-state index is 13.4.